The van der Waals surface area contributed by atoms with Crippen LogP contribution in [0.4, 0.5) is 5.69 Å². The minimum Gasteiger partial charge on any atom is -0.321 e. The zero-order valence-electron chi connectivity index (χ0n) is 17.2. The summed E-state index contributed by atoms with van der Waals surface area (Å²) in [6.45, 7) is 7.38. The standard InChI is InChI=1S/C21H21NO7S2/c1-11-10-12(2)19(14(4)13(11)3)21(23)22-16-8-9-17(30(24,25)26)15-6-5-7-18(20(15)16)31(27,28)29/h5-10H,1-4H3,(H,22,23)(H,24,25,26)(H,27,28,29). The SMILES string of the molecule is Cc1cc(C)c(C(=O)Nc2ccc(S(=O)(=O)O)c3cccc(S(=O)(=O)O)c23)c(C)c1C. The van der Waals surface area contributed by atoms with E-state index in [2.05, 4.69) is 5.32 Å². The van der Waals surface area contributed by atoms with Crippen molar-refractivity contribution in [3.8, 4) is 0 Å². The molecule has 3 aromatic carbocycles. The molecule has 3 rings (SSSR count). The quantitative estimate of drug-likeness (QED) is 0.500. The lowest BCUT2D eigenvalue weighted by molar-refractivity contribution is 0.102. The molecule has 0 aliphatic rings. The summed E-state index contributed by atoms with van der Waals surface area (Å²) in [6, 6.07) is 7.66. The van der Waals surface area contributed by atoms with E-state index in [1.54, 1.807) is 13.8 Å². The Morgan fingerprint density at radius 2 is 1.42 bits per heavy atom. The lowest BCUT2D eigenvalue weighted by atomic mass is 9.94. The van der Waals surface area contributed by atoms with Crippen LogP contribution >= 0.6 is 0 Å². The van der Waals surface area contributed by atoms with Crippen LogP contribution in [0.25, 0.3) is 10.8 Å². The first kappa shape index (κ1) is 22.9. The van der Waals surface area contributed by atoms with Gasteiger partial charge in [-0.3, -0.25) is 13.9 Å². The Labute approximate surface area is 180 Å². The van der Waals surface area contributed by atoms with E-state index in [0.29, 0.717) is 11.1 Å². The summed E-state index contributed by atoms with van der Waals surface area (Å²) in [6.07, 6.45) is 0. The molecule has 3 aromatic rings. The van der Waals surface area contributed by atoms with Gasteiger partial charge in [-0.1, -0.05) is 18.2 Å². The van der Waals surface area contributed by atoms with Gasteiger partial charge in [0.05, 0.1) is 5.69 Å². The molecule has 164 valence electrons. The van der Waals surface area contributed by atoms with E-state index in [-0.39, 0.29) is 16.5 Å². The smallest absolute Gasteiger partial charge is 0.295 e. The van der Waals surface area contributed by atoms with E-state index in [0.717, 1.165) is 28.8 Å². The zero-order chi connectivity index (χ0) is 23.3. The van der Waals surface area contributed by atoms with Crippen LogP contribution in [0.1, 0.15) is 32.6 Å². The van der Waals surface area contributed by atoms with Gasteiger partial charge in [-0.2, -0.15) is 16.8 Å². The second kappa shape index (κ2) is 7.72. The second-order valence-corrected chi connectivity index (χ2v) is 10.1. The third-order valence-electron chi connectivity index (χ3n) is 5.35. The Kier molecular flexibility index (Phi) is 5.70. The van der Waals surface area contributed by atoms with Crippen molar-refractivity contribution in [2.75, 3.05) is 5.32 Å². The number of nitrogens with one attached hydrogen (secondary N) is 1. The molecule has 0 aliphatic carbocycles. The largest absolute Gasteiger partial charge is 0.321 e. The molecule has 0 aliphatic heterocycles. The number of amides is 1. The van der Waals surface area contributed by atoms with Gasteiger partial charge in [0.1, 0.15) is 9.79 Å². The maximum atomic E-state index is 13.1. The number of anilines is 1. The lowest BCUT2D eigenvalue weighted by Crippen LogP contribution is -2.17. The number of aryl methyl sites for hydroxylation is 2. The number of carbonyl (C=O) groups is 1. The molecule has 0 heterocycles. The first-order chi connectivity index (χ1) is 14.2. The van der Waals surface area contributed by atoms with Crippen molar-refractivity contribution in [1.29, 1.82) is 0 Å². The summed E-state index contributed by atoms with van der Waals surface area (Å²) in [5.74, 6) is -0.524. The highest BCUT2D eigenvalue weighted by atomic mass is 32.2. The molecular weight excluding hydrogens is 442 g/mol. The van der Waals surface area contributed by atoms with Crippen LogP contribution in [-0.4, -0.2) is 31.8 Å². The highest BCUT2D eigenvalue weighted by Crippen LogP contribution is 2.35. The number of hydrogen-bond donors (Lipinski definition) is 3. The summed E-state index contributed by atoms with van der Waals surface area (Å²) >= 11 is 0. The molecular formula is C21H21NO7S2. The van der Waals surface area contributed by atoms with Crippen molar-refractivity contribution in [1.82, 2.24) is 0 Å². The van der Waals surface area contributed by atoms with Gasteiger partial charge >= 0.3 is 0 Å². The van der Waals surface area contributed by atoms with E-state index < -0.39 is 35.9 Å². The minimum absolute atomic E-state index is 0.0300. The number of benzene rings is 3. The Hall–Kier alpha value is -2.79. The van der Waals surface area contributed by atoms with E-state index in [1.807, 2.05) is 19.9 Å². The fourth-order valence-corrected chi connectivity index (χ4v) is 5.13. The number of fused-ring (bicyclic) bond motifs is 1. The first-order valence-electron chi connectivity index (χ1n) is 9.13. The predicted octanol–water partition coefficient (Wildman–Crippen LogP) is 3.82. The molecule has 3 N–H and O–H groups in total. The van der Waals surface area contributed by atoms with Gasteiger partial charge in [0.25, 0.3) is 26.1 Å². The number of carbonyl (C=O) groups excluding carboxylic acids is 1. The van der Waals surface area contributed by atoms with Gasteiger partial charge in [-0.15, -0.1) is 0 Å². The van der Waals surface area contributed by atoms with Crippen LogP contribution < -0.4 is 5.32 Å². The van der Waals surface area contributed by atoms with Crippen molar-refractivity contribution in [2.45, 2.75) is 37.5 Å². The van der Waals surface area contributed by atoms with Gasteiger partial charge in [0.2, 0.25) is 0 Å². The summed E-state index contributed by atoms with van der Waals surface area (Å²) in [5.41, 5.74) is 3.79. The Morgan fingerprint density at radius 1 is 0.806 bits per heavy atom. The van der Waals surface area contributed by atoms with Crippen molar-refractivity contribution >= 4 is 42.6 Å². The van der Waals surface area contributed by atoms with Crippen LogP contribution in [0.3, 0.4) is 0 Å². The molecule has 1 amide bonds. The Balaban J connectivity index is 2.30. The van der Waals surface area contributed by atoms with E-state index in [4.69, 9.17) is 0 Å². The zero-order valence-corrected chi connectivity index (χ0v) is 18.8. The first-order valence-corrected chi connectivity index (χ1v) is 12.0. The Bertz CT molecular complexity index is 1460. The topological polar surface area (TPSA) is 138 Å². The molecule has 0 unspecified atom stereocenters. The molecule has 0 atom stereocenters. The van der Waals surface area contributed by atoms with Crippen LogP contribution in [0.5, 0.6) is 0 Å². The van der Waals surface area contributed by atoms with Crippen molar-refractivity contribution < 1.29 is 30.7 Å². The van der Waals surface area contributed by atoms with Crippen LogP contribution in [-0.2, 0) is 20.2 Å². The molecule has 0 aromatic heterocycles. The van der Waals surface area contributed by atoms with Gasteiger partial charge in [0.15, 0.2) is 0 Å². The summed E-state index contributed by atoms with van der Waals surface area (Å²) in [5, 5.41) is 2.24. The predicted molar refractivity (Wildman–Crippen MR) is 117 cm³/mol. The van der Waals surface area contributed by atoms with Crippen LogP contribution in [0.2, 0.25) is 0 Å². The van der Waals surface area contributed by atoms with E-state index in [1.165, 1.54) is 18.2 Å². The lowest BCUT2D eigenvalue weighted by Gasteiger charge is -2.17. The maximum Gasteiger partial charge on any atom is 0.295 e. The van der Waals surface area contributed by atoms with Crippen LogP contribution in [0.15, 0.2) is 46.2 Å². The molecule has 0 fully saturated rings. The molecule has 0 saturated carbocycles. The second-order valence-electron chi connectivity index (χ2n) is 7.33. The Morgan fingerprint density at radius 3 is 2.00 bits per heavy atom. The molecule has 0 saturated heterocycles. The average molecular weight is 464 g/mol. The van der Waals surface area contributed by atoms with Gasteiger partial charge < -0.3 is 5.32 Å². The number of rotatable bonds is 4. The van der Waals surface area contributed by atoms with Crippen molar-refractivity contribution in [3.63, 3.8) is 0 Å². The third-order valence-corrected chi connectivity index (χ3v) is 7.16. The van der Waals surface area contributed by atoms with Gasteiger partial charge in [0, 0.05) is 16.3 Å². The molecule has 0 spiro atoms. The monoisotopic (exact) mass is 463 g/mol. The third kappa shape index (κ3) is 4.19. The molecule has 10 heteroatoms. The minimum atomic E-state index is -4.77. The van der Waals surface area contributed by atoms with Crippen LogP contribution in [0, 0.1) is 27.7 Å². The molecule has 8 nitrogen and oxygen atoms in total. The van der Waals surface area contributed by atoms with Crippen molar-refractivity contribution in [2.24, 2.45) is 0 Å². The van der Waals surface area contributed by atoms with E-state index in [9.17, 15) is 30.7 Å². The number of hydrogen-bond acceptors (Lipinski definition) is 5. The average Bonchev–Trinajstić information content (AvgIpc) is 2.64. The fourth-order valence-electron chi connectivity index (χ4n) is 3.71. The van der Waals surface area contributed by atoms with E-state index >= 15 is 0 Å². The normalized spacial score (nSPS) is 12.2. The molecule has 0 radical (unpaired) electrons. The highest BCUT2D eigenvalue weighted by molar-refractivity contribution is 7.86. The fraction of sp³-hybridized carbons (Fsp3) is 0.190. The summed E-state index contributed by atoms with van der Waals surface area (Å²) < 4.78 is 66.6. The molecule has 31 heavy (non-hydrogen) atoms. The van der Waals surface area contributed by atoms with Gasteiger partial charge in [-0.25, -0.2) is 0 Å². The highest BCUT2D eigenvalue weighted by Gasteiger charge is 2.24. The summed E-state index contributed by atoms with van der Waals surface area (Å²) in [7, 11) is -9.47. The molecule has 0 bridgehead atoms. The summed E-state index contributed by atoms with van der Waals surface area (Å²) in [4.78, 5) is 12.0. The maximum absolute atomic E-state index is 13.1. The van der Waals surface area contributed by atoms with Gasteiger partial charge in [-0.05, 0) is 68.1 Å². The van der Waals surface area contributed by atoms with Crippen molar-refractivity contribution in [3.05, 3.63) is 64.2 Å².